The largest absolute Gasteiger partial charge is 0.351 e. The molecular weight excluding hydrogens is 338 g/mol. The Morgan fingerprint density at radius 2 is 2.13 bits per heavy atom. The third-order valence-electron chi connectivity index (χ3n) is 3.49. The summed E-state index contributed by atoms with van der Waals surface area (Å²) in [4.78, 5) is 24.8. The summed E-state index contributed by atoms with van der Waals surface area (Å²) in [5.74, 6) is -0.538. The van der Waals surface area contributed by atoms with Gasteiger partial charge in [0.25, 0.3) is 0 Å². The van der Waals surface area contributed by atoms with Crippen LogP contribution in [0.1, 0.15) is 12.8 Å². The average molecular weight is 356 g/mol. The van der Waals surface area contributed by atoms with Crippen molar-refractivity contribution in [3.63, 3.8) is 0 Å². The van der Waals surface area contributed by atoms with Crippen molar-refractivity contribution in [3.05, 3.63) is 29.3 Å². The molecule has 2 rings (SSSR count). The first-order chi connectivity index (χ1) is 11.0. The van der Waals surface area contributed by atoms with Gasteiger partial charge in [0.2, 0.25) is 5.91 Å². The number of nitrogens with two attached hydrogens (primary N) is 1. The van der Waals surface area contributed by atoms with Gasteiger partial charge in [-0.3, -0.25) is 15.6 Å². The summed E-state index contributed by atoms with van der Waals surface area (Å²) in [6, 6.07) is 6.54. The summed E-state index contributed by atoms with van der Waals surface area (Å²) in [5.41, 5.74) is 11.1. The van der Waals surface area contributed by atoms with Crippen molar-refractivity contribution in [2.45, 2.75) is 12.8 Å². The molecule has 23 heavy (non-hydrogen) atoms. The Morgan fingerprint density at radius 1 is 1.35 bits per heavy atom. The lowest BCUT2D eigenvalue weighted by Crippen LogP contribution is -2.51. The smallest absolute Gasteiger partial charge is 0.314 e. The Morgan fingerprint density at radius 3 is 2.83 bits per heavy atom. The molecule has 0 radical (unpaired) electrons. The maximum Gasteiger partial charge on any atom is 0.314 e. The third-order valence-corrected chi connectivity index (χ3v) is 3.92. The fourth-order valence-electron chi connectivity index (χ4n) is 2.34. The van der Waals surface area contributed by atoms with Crippen LogP contribution in [0.3, 0.4) is 0 Å². The molecule has 1 atom stereocenters. The molecule has 1 aromatic carbocycles. The maximum atomic E-state index is 12.1. The second-order valence-electron chi connectivity index (χ2n) is 5.20. The summed E-state index contributed by atoms with van der Waals surface area (Å²) >= 11 is 11.0. The van der Waals surface area contributed by atoms with Gasteiger partial charge in [0, 0.05) is 23.8 Å². The highest BCUT2D eigenvalue weighted by molar-refractivity contribution is 7.80. The van der Waals surface area contributed by atoms with E-state index in [1.807, 2.05) is 0 Å². The van der Waals surface area contributed by atoms with Crippen molar-refractivity contribution < 1.29 is 9.59 Å². The number of piperidine rings is 1. The van der Waals surface area contributed by atoms with Gasteiger partial charge in [-0.2, -0.15) is 0 Å². The molecule has 0 saturated carbocycles. The van der Waals surface area contributed by atoms with Crippen LogP contribution in [0.2, 0.25) is 5.02 Å². The van der Waals surface area contributed by atoms with Crippen LogP contribution in [0.25, 0.3) is 0 Å². The topological polar surface area (TPSA) is 99.5 Å². The summed E-state index contributed by atoms with van der Waals surface area (Å²) in [7, 11) is 0. The van der Waals surface area contributed by atoms with E-state index in [1.165, 1.54) is 4.90 Å². The number of carbonyl (C=O) groups is 2. The minimum absolute atomic E-state index is 0.230. The molecule has 0 bridgehead atoms. The number of thiocarbonyl (C=S) groups is 1. The Labute approximate surface area is 144 Å². The van der Waals surface area contributed by atoms with E-state index in [0.29, 0.717) is 30.2 Å². The Balaban J connectivity index is 1.79. The van der Waals surface area contributed by atoms with E-state index in [1.54, 1.807) is 24.3 Å². The monoisotopic (exact) mass is 355 g/mol. The second-order valence-corrected chi connectivity index (χ2v) is 6.05. The number of hydrogen-bond donors (Lipinski definition) is 4. The first-order valence-electron chi connectivity index (χ1n) is 7.12. The highest BCUT2D eigenvalue weighted by Crippen LogP contribution is 2.16. The van der Waals surface area contributed by atoms with Gasteiger partial charge in [-0.15, -0.1) is 0 Å². The SMILES string of the molecule is NC(=O)N1CCC[C@@H](C(=O)NNC(=S)Nc2cccc(Cl)c2)C1. The molecule has 1 aliphatic rings. The summed E-state index contributed by atoms with van der Waals surface area (Å²) in [5, 5.41) is 3.72. The van der Waals surface area contributed by atoms with Gasteiger partial charge in [-0.25, -0.2) is 4.79 Å². The van der Waals surface area contributed by atoms with E-state index in [0.717, 1.165) is 6.42 Å². The number of rotatable bonds is 2. The van der Waals surface area contributed by atoms with Crippen LogP contribution in [0.5, 0.6) is 0 Å². The number of hydrogen-bond acceptors (Lipinski definition) is 3. The predicted molar refractivity (Wildman–Crippen MR) is 92.8 cm³/mol. The number of carbonyl (C=O) groups excluding carboxylic acids is 2. The van der Waals surface area contributed by atoms with E-state index in [2.05, 4.69) is 16.2 Å². The van der Waals surface area contributed by atoms with Crippen LogP contribution in [-0.2, 0) is 4.79 Å². The number of likely N-dealkylation sites (tertiary alicyclic amines) is 1. The number of nitrogens with zero attached hydrogens (tertiary/aromatic N) is 1. The quantitative estimate of drug-likeness (QED) is 0.475. The first kappa shape index (κ1) is 17.3. The zero-order valence-corrected chi connectivity index (χ0v) is 13.9. The molecule has 7 nitrogen and oxygen atoms in total. The molecule has 9 heteroatoms. The zero-order valence-electron chi connectivity index (χ0n) is 12.3. The highest BCUT2D eigenvalue weighted by Gasteiger charge is 2.27. The molecule has 3 amide bonds. The fourth-order valence-corrected chi connectivity index (χ4v) is 2.70. The van der Waals surface area contributed by atoms with Crippen LogP contribution in [0.15, 0.2) is 24.3 Å². The van der Waals surface area contributed by atoms with Gasteiger partial charge in [-0.05, 0) is 43.3 Å². The number of benzene rings is 1. The number of hydrazine groups is 1. The molecule has 0 spiro atoms. The molecule has 1 fully saturated rings. The molecule has 124 valence electrons. The fraction of sp³-hybridized carbons (Fsp3) is 0.357. The van der Waals surface area contributed by atoms with E-state index in [9.17, 15) is 9.59 Å². The van der Waals surface area contributed by atoms with Crippen molar-refractivity contribution in [1.29, 1.82) is 0 Å². The van der Waals surface area contributed by atoms with Crippen molar-refractivity contribution in [2.75, 3.05) is 18.4 Å². The number of nitrogens with one attached hydrogen (secondary N) is 3. The Hall–Kier alpha value is -2.06. The lowest BCUT2D eigenvalue weighted by Gasteiger charge is -2.30. The standard InChI is InChI=1S/C14H18ClN5O2S/c15-10-4-1-5-11(7-10)17-14(23)19-18-12(21)9-3-2-6-20(8-9)13(16)22/h1,4-5,7,9H,2-3,6,8H2,(H2,16,22)(H,18,21)(H2,17,19,23)/t9-/m1/s1. The van der Waals surface area contributed by atoms with Gasteiger partial charge in [0.1, 0.15) is 0 Å². The Bertz CT molecular complexity index is 613. The molecular formula is C14H18ClN5O2S. The highest BCUT2D eigenvalue weighted by atomic mass is 35.5. The summed E-state index contributed by atoms with van der Waals surface area (Å²) in [6.45, 7) is 0.901. The molecule has 1 aromatic rings. The number of anilines is 1. The lowest BCUT2D eigenvalue weighted by atomic mass is 9.98. The molecule has 1 aliphatic heterocycles. The number of halogens is 1. The maximum absolute atomic E-state index is 12.1. The van der Waals surface area contributed by atoms with E-state index in [-0.39, 0.29) is 16.9 Å². The van der Waals surface area contributed by atoms with Crippen molar-refractivity contribution in [3.8, 4) is 0 Å². The predicted octanol–water partition coefficient (Wildman–Crippen LogP) is 1.45. The van der Waals surface area contributed by atoms with E-state index in [4.69, 9.17) is 29.6 Å². The normalized spacial score (nSPS) is 17.3. The van der Waals surface area contributed by atoms with Gasteiger partial charge in [0.05, 0.1) is 5.92 Å². The van der Waals surface area contributed by atoms with Gasteiger partial charge < -0.3 is 16.0 Å². The number of amides is 3. The minimum atomic E-state index is -0.506. The number of urea groups is 1. The molecule has 0 aliphatic carbocycles. The van der Waals surface area contributed by atoms with Crippen molar-refractivity contribution >= 4 is 46.6 Å². The van der Waals surface area contributed by atoms with Crippen molar-refractivity contribution in [1.82, 2.24) is 15.8 Å². The number of primary amides is 1. The molecule has 0 unspecified atom stereocenters. The van der Waals surface area contributed by atoms with E-state index < -0.39 is 6.03 Å². The Kier molecular flexibility index (Phi) is 6.00. The summed E-state index contributed by atoms with van der Waals surface area (Å²) < 4.78 is 0. The van der Waals surface area contributed by atoms with Crippen LogP contribution in [-0.4, -0.2) is 35.0 Å². The van der Waals surface area contributed by atoms with Crippen LogP contribution < -0.4 is 21.9 Å². The second kappa shape index (κ2) is 7.98. The lowest BCUT2D eigenvalue weighted by molar-refractivity contribution is -0.126. The van der Waals surface area contributed by atoms with Gasteiger partial charge in [0.15, 0.2) is 5.11 Å². The van der Waals surface area contributed by atoms with E-state index >= 15 is 0 Å². The van der Waals surface area contributed by atoms with Gasteiger partial charge in [-0.1, -0.05) is 17.7 Å². The van der Waals surface area contributed by atoms with Crippen LogP contribution in [0.4, 0.5) is 10.5 Å². The average Bonchev–Trinajstić information content (AvgIpc) is 2.52. The minimum Gasteiger partial charge on any atom is -0.351 e. The molecule has 1 saturated heterocycles. The third kappa shape index (κ3) is 5.26. The van der Waals surface area contributed by atoms with Crippen LogP contribution in [0, 0.1) is 5.92 Å². The zero-order chi connectivity index (χ0) is 16.8. The molecule has 1 heterocycles. The molecule has 5 N–H and O–H groups in total. The summed E-state index contributed by atoms with van der Waals surface area (Å²) in [6.07, 6.45) is 1.44. The molecule has 0 aromatic heterocycles. The van der Waals surface area contributed by atoms with Gasteiger partial charge >= 0.3 is 6.03 Å². The van der Waals surface area contributed by atoms with Crippen molar-refractivity contribution in [2.24, 2.45) is 11.7 Å². The first-order valence-corrected chi connectivity index (χ1v) is 7.91. The van der Waals surface area contributed by atoms with Crippen LogP contribution >= 0.6 is 23.8 Å².